The predicted octanol–water partition coefficient (Wildman–Crippen LogP) is 5.90. The lowest BCUT2D eigenvalue weighted by molar-refractivity contribution is -0.131. The van der Waals surface area contributed by atoms with Gasteiger partial charge in [-0.1, -0.05) is 36.4 Å². The van der Waals surface area contributed by atoms with Crippen molar-refractivity contribution >= 4 is 39.8 Å². The Kier molecular flexibility index (Phi) is 9.27. The standard InChI is InChI=1S/C35H40ClF2N7O2/c1-22(2)42(4)20-35(12-13-35)21-47-34-40-28-19-43(29-7-5-6-24-8-9-27(38)31(36)30(24)29)15-11-26(28)32(41-34)44-16-17-45(33(46)23(3)37)25(18-44)10-14-39/h5-9,22,25H,3,10-13,15-21H2,1-2,4H3/t25-/m0/s1. The molecule has 3 aromatic rings. The highest BCUT2D eigenvalue weighted by Gasteiger charge is 2.45. The second-order valence-corrected chi connectivity index (χ2v) is 13.7. The number of nitrogens with zero attached hydrogens (tertiary/aromatic N) is 7. The highest BCUT2D eigenvalue weighted by Crippen LogP contribution is 2.47. The van der Waals surface area contributed by atoms with Gasteiger partial charge in [0.15, 0.2) is 5.83 Å². The predicted molar refractivity (Wildman–Crippen MR) is 179 cm³/mol. The van der Waals surface area contributed by atoms with Gasteiger partial charge in [-0.3, -0.25) is 4.79 Å². The Bertz CT molecular complexity index is 1740. The van der Waals surface area contributed by atoms with E-state index in [1.807, 2.05) is 18.2 Å². The number of hydrogen-bond donors (Lipinski definition) is 0. The first-order valence-corrected chi connectivity index (χ1v) is 16.5. The maximum atomic E-state index is 14.6. The van der Waals surface area contributed by atoms with Gasteiger partial charge in [0, 0.05) is 60.8 Å². The number of ether oxygens (including phenoxy) is 1. The number of rotatable bonds is 10. The molecule has 1 saturated carbocycles. The van der Waals surface area contributed by atoms with E-state index in [1.54, 1.807) is 6.07 Å². The molecule has 2 aliphatic heterocycles. The van der Waals surface area contributed by atoms with Crippen molar-refractivity contribution in [1.82, 2.24) is 19.8 Å². The summed E-state index contributed by atoms with van der Waals surface area (Å²) in [7, 11) is 2.12. The Morgan fingerprint density at radius 3 is 2.70 bits per heavy atom. The van der Waals surface area contributed by atoms with Gasteiger partial charge < -0.3 is 24.3 Å². The quantitative estimate of drug-likeness (QED) is 0.248. The maximum Gasteiger partial charge on any atom is 0.318 e. The molecule has 1 amide bonds. The van der Waals surface area contributed by atoms with Gasteiger partial charge in [0.05, 0.1) is 42.4 Å². The number of anilines is 2. The second-order valence-electron chi connectivity index (χ2n) is 13.3. The van der Waals surface area contributed by atoms with Crippen molar-refractivity contribution in [3.63, 3.8) is 0 Å². The molecule has 0 spiro atoms. The molecule has 1 saturated heterocycles. The van der Waals surface area contributed by atoms with Crippen LogP contribution in [0.5, 0.6) is 6.01 Å². The van der Waals surface area contributed by atoms with Crippen LogP contribution in [0.25, 0.3) is 10.8 Å². The summed E-state index contributed by atoms with van der Waals surface area (Å²) in [5.74, 6) is -1.60. The fraction of sp³-hybridized carbons (Fsp3) is 0.486. The third-order valence-electron chi connectivity index (χ3n) is 9.81. The van der Waals surface area contributed by atoms with E-state index in [0.29, 0.717) is 56.5 Å². The summed E-state index contributed by atoms with van der Waals surface area (Å²) in [6.07, 6.45) is 2.78. The number of hydrogen-bond acceptors (Lipinski definition) is 8. The summed E-state index contributed by atoms with van der Waals surface area (Å²) in [5.41, 5.74) is 2.61. The van der Waals surface area contributed by atoms with E-state index in [-0.39, 0.29) is 29.4 Å². The van der Waals surface area contributed by atoms with Crippen LogP contribution in [0.1, 0.15) is 44.4 Å². The summed E-state index contributed by atoms with van der Waals surface area (Å²) in [6.45, 7) is 10.9. The molecule has 47 heavy (non-hydrogen) atoms. The van der Waals surface area contributed by atoms with Gasteiger partial charge in [-0.05, 0) is 57.7 Å². The Hall–Kier alpha value is -4.01. The topological polar surface area (TPSA) is 88.8 Å². The van der Waals surface area contributed by atoms with Gasteiger partial charge >= 0.3 is 6.01 Å². The Balaban J connectivity index is 1.34. The van der Waals surface area contributed by atoms with E-state index < -0.39 is 23.6 Å². The number of carbonyl (C=O) groups is 1. The zero-order valence-corrected chi connectivity index (χ0v) is 27.9. The highest BCUT2D eigenvalue weighted by molar-refractivity contribution is 6.36. The molecule has 3 aliphatic rings. The number of carbonyl (C=O) groups excluding carboxylic acids is 1. The molecule has 248 valence electrons. The zero-order chi connectivity index (χ0) is 33.5. The van der Waals surface area contributed by atoms with Crippen molar-refractivity contribution < 1.29 is 18.3 Å². The van der Waals surface area contributed by atoms with E-state index in [4.69, 9.17) is 26.3 Å². The van der Waals surface area contributed by atoms with Crippen LogP contribution in [0.4, 0.5) is 20.3 Å². The Labute approximate surface area is 279 Å². The van der Waals surface area contributed by atoms with Gasteiger partial charge in [-0.2, -0.15) is 15.2 Å². The number of amides is 1. The van der Waals surface area contributed by atoms with Crippen molar-refractivity contribution in [2.24, 2.45) is 5.41 Å². The van der Waals surface area contributed by atoms with E-state index in [2.05, 4.69) is 48.2 Å². The minimum atomic E-state index is -1.04. The fourth-order valence-corrected chi connectivity index (χ4v) is 6.95. The molecular weight excluding hydrogens is 624 g/mol. The molecule has 0 unspecified atom stereocenters. The molecule has 0 bridgehead atoms. The van der Waals surface area contributed by atoms with Crippen LogP contribution in [0, 0.1) is 22.6 Å². The molecule has 12 heteroatoms. The summed E-state index contributed by atoms with van der Waals surface area (Å²) in [5, 5.41) is 11.1. The number of halogens is 3. The number of nitriles is 1. The monoisotopic (exact) mass is 663 g/mol. The van der Waals surface area contributed by atoms with Crippen LogP contribution in [-0.2, 0) is 17.8 Å². The number of fused-ring (bicyclic) bond motifs is 2. The van der Waals surface area contributed by atoms with Crippen LogP contribution < -0.4 is 14.5 Å². The third kappa shape index (κ3) is 6.72. The first-order chi connectivity index (χ1) is 22.5. The first-order valence-electron chi connectivity index (χ1n) is 16.1. The highest BCUT2D eigenvalue weighted by atomic mass is 35.5. The van der Waals surface area contributed by atoms with Crippen molar-refractivity contribution in [3.8, 4) is 12.1 Å². The fourth-order valence-electron chi connectivity index (χ4n) is 6.68. The molecule has 0 N–H and O–H groups in total. The van der Waals surface area contributed by atoms with Crippen molar-refractivity contribution in [2.45, 2.75) is 58.2 Å². The molecular formula is C35H40ClF2N7O2. The van der Waals surface area contributed by atoms with Gasteiger partial charge in [0.25, 0.3) is 5.91 Å². The molecule has 1 aromatic heterocycles. The van der Waals surface area contributed by atoms with Crippen LogP contribution in [0.3, 0.4) is 0 Å². The third-order valence-corrected chi connectivity index (χ3v) is 10.2. The minimum absolute atomic E-state index is 0.0459. The largest absolute Gasteiger partial charge is 0.463 e. The van der Waals surface area contributed by atoms with E-state index >= 15 is 0 Å². The van der Waals surface area contributed by atoms with Crippen molar-refractivity contribution in [1.29, 1.82) is 5.26 Å². The number of aromatic nitrogens is 2. The Morgan fingerprint density at radius 1 is 1.21 bits per heavy atom. The summed E-state index contributed by atoms with van der Waals surface area (Å²) < 4.78 is 34.8. The average Bonchev–Trinajstić information content (AvgIpc) is 3.83. The molecule has 2 fully saturated rings. The molecule has 2 aromatic carbocycles. The molecule has 0 radical (unpaired) electrons. The van der Waals surface area contributed by atoms with Crippen LogP contribution in [0.15, 0.2) is 42.7 Å². The SMILES string of the molecule is C=C(F)C(=O)N1CCN(c2nc(OCC3(CN(C)C(C)C)CC3)nc3c2CCN(c2cccc4ccc(F)c(Cl)c24)C3)C[C@@H]1CC#N. The van der Waals surface area contributed by atoms with Crippen LogP contribution in [-0.4, -0.2) is 84.1 Å². The van der Waals surface area contributed by atoms with Gasteiger partial charge in [-0.15, -0.1) is 0 Å². The smallest absolute Gasteiger partial charge is 0.318 e. The summed E-state index contributed by atoms with van der Waals surface area (Å²) in [4.78, 5) is 30.4. The summed E-state index contributed by atoms with van der Waals surface area (Å²) in [6, 6.07) is 11.2. The molecule has 1 aliphatic carbocycles. The lowest BCUT2D eigenvalue weighted by atomic mass is 10.0. The zero-order valence-electron chi connectivity index (χ0n) is 27.1. The first kappa shape index (κ1) is 32.9. The lowest BCUT2D eigenvalue weighted by Crippen LogP contribution is -2.55. The van der Waals surface area contributed by atoms with E-state index in [1.165, 1.54) is 11.0 Å². The Morgan fingerprint density at radius 2 is 2.00 bits per heavy atom. The van der Waals surface area contributed by atoms with Crippen molar-refractivity contribution in [3.05, 3.63) is 64.8 Å². The summed E-state index contributed by atoms with van der Waals surface area (Å²) >= 11 is 6.50. The lowest BCUT2D eigenvalue weighted by Gasteiger charge is -2.42. The van der Waals surface area contributed by atoms with Crippen LogP contribution >= 0.6 is 11.6 Å². The van der Waals surface area contributed by atoms with Gasteiger partial charge in [0.2, 0.25) is 0 Å². The average molecular weight is 664 g/mol. The molecule has 3 heterocycles. The normalized spacial score (nSPS) is 18.8. The molecule has 6 rings (SSSR count). The van der Waals surface area contributed by atoms with E-state index in [0.717, 1.165) is 41.7 Å². The second kappa shape index (κ2) is 13.2. The van der Waals surface area contributed by atoms with Crippen LogP contribution in [0.2, 0.25) is 5.02 Å². The number of benzene rings is 2. The molecule has 1 atom stereocenters. The number of piperazine rings is 1. The van der Waals surface area contributed by atoms with Crippen molar-refractivity contribution in [2.75, 3.05) is 56.2 Å². The van der Waals surface area contributed by atoms with E-state index in [9.17, 15) is 18.8 Å². The van der Waals surface area contributed by atoms with Gasteiger partial charge in [0.1, 0.15) is 11.6 Å². The minimum Gasteiger partial charge on any atom is -0.463 e. The molecule has 9 nitrogen and oxygen atoms in total. The maximum absolute atomic E-state index is 14.6. The van der Waals surface area contributed by atoms with Gasteiger partial charge in [-0.25, -0.2) is 8.78 Å².